The number of benzene rings is 2. The summed E-state index contributed by atoms with van der Waals surface area (Å²) in [6.07, 6.45) is -0.676. The standard InChI is InChI=1S/C14H12Cl2O/c1-9-2-4-10(5-3-9)14(17)11-6-7-12(15)13(16)8-11/h2-8,14,17H,1H3/t14-/m0/s1. The van der Waals surface area contributed by atoms with Crippen molar-refractivity contribution in [3.8, 4) is 0 Å². The summed E-state index contributed by atoms with van der Waals surface area (Å²) >= 11 is 11.8. The molecule has 0 bridgehead atoms. The summed E-state index contributed by atoms with van der Waals surface area (Å²) in [7, 11) is 0. The average Bonchev–Trinajstić information content (AvgIpc) is 2.33. The zero-order chi connectivity index (χ0) is 12.4. The third-order valence-corrected chi connectivity index (χ3v) is 3.39. The lowest BCUT2D eigenvalue weighted by molar-refractivity contribution is 0.220. The van der Waals surface area contributed by atoms with Crippen LogP contribution in [-0.4, -0.2) is 5.11 Å². The van der Waals surface area contributed by atoms with E-state index in [2.05, 4.69) is 0 Å². The molecule has 0 radical (unpaired) electrons. The number of rotatable bonds is 2. The van der Waals surface area contributed by atoms with Gasteiger partial charge in [0.1, 0.15) is 6.10 Å². The van der Waals surface area contributed by atoms with Crippen molar-refractivity contribution < 1.29 is 5.11 Å². The van der Waals surface area contributed by atoms with E-state index in [9.17, 15) is 5.11 Å². The molecule has 0 fully saturated rings. The predicted octanol–water partition coefficient (Wildman–Crippen LogP) is 4.38. The minimum atomic E-state index is -0.676. The summed E-state index contributed by atoms with van der Waals surface area (Å²) in [6, 6.07) is 12.9. The molecular weight excluding hydrogens is 255 g/mol. The first kappa shape index (κ1) is 12.4. The Morgan fingerprint density at radius 2 is 1.47 bits per heavy atom. The van der Waals surface area contributed by atoms with Gasteiger partial charge < -0.3 is 5.11 Å². The smallest absolute Gasteiger partial charge is 0.104 e. The van der Waals surface area contributed by atoms with Crippen LogP contribution in [0, 0.1) is 6.92 Å². The number of aryl methyl sites for hydroxylation is 1. The van der Waals surface area contributed by atoms with Gasteiger partial charge in [-0.15, -0.1) is 0 Å². The van der Waals surface area contributed by atoms with Crippen LogP contribution in [-0.2, 0) is 0 Å². The first-order chi connectivity index (χ1) is 8.08. The molecule has 0 aliphatic carbocycles. The second-order valence-corrected chi connectivity index (χ2v) is 4.80. The fourth-order valence-electron chi connectivity index (χ4n) is 1.62. The Hall–Kier alpha value is -1.02. The lowest BCUT2D eigenvalue weighted by atomic mass is 10.0. The van der Waals surface area contributed by atoms with Crippen LogP contribution in [0.3, 0.4) is 0 Å². The van der Waals surface area contributed by atoms with Crippen molar-refractivity contribution in [1.82, 2.24) is 0 Å². The molecule has 0 heterocycles. The van der Waals surface area contributed by atoms with Crippen molar-refractivity contribution in [3.63, 3.8) is 0 Å². The first-order valence-electron chi connectivity index (χ1n) is 5.27. The van der Waals surface area contributed by atoms with Crippen molar-refractivity contribution in [3.05, 3.63) is 69.2 Å². The van der Waals surface area contributed by atoms with Gasteiger partial charge in [0, 0.05) is 0 Å². The second kappa shape index (κ2) is 5.09. The molecule has 17 heavy (non-hydrogen) atoms. The summed E-state index contributed by atoms with van der Waals surface area (Å²) in [4.78, 5) is 0. The third-order valence-electron chi connectivity index (χ3n) is 2.65. The summed E-state index contributed by atoms with van der Waals surface area (Å²) in [5.41, 5.74) is 2.74. The Bertz CT molecular complexity index is 520. The molecule has 0 saturated heterocycles. The van der Waals surface area contributed by atoms with Gasteiger partial charge in [-0.25, -0.2) is 0 Å². The highest BCUT2D eigenvalue weighted by atomic mass is 35.5. The molecule has 0 aliphatic heterocycles. The van der Waals surface area contributed by atoms with Crippen molar-refractivity contribution in [2.24, 2.45) is 0 Å². The van der Waals surface area contributed by atoms with Gasteiger partial charge >= 0.3 is 0 Å². The van der Waals surface area contributed by atoms with Gasteiger partial charge in [-0.3, -0.25) is 0 Å². The van der Waals surface area contributed by atoms with Crippen LogP contribution in [0.15, 0.2) is 42.5 Å². The summed E-state index contributed by atoms with van der Waals surface area (Å²) in [6.45, 7) is 2.01. The van der Waals surface area contributed by atoms with Crippen LogP contribution in [0.5, 0.6) is 0 Å². The van der Waals surface area contributed by atoms with Gasteiger partial charge in [-0.05, 0) is 30.2 Å². The molecule has 3 heteroatoms. The quantitative estimate of drug-likeness (QED) is 0.855. The number of hydrogen-bond acceptors (Lipinski definition) is 1. The number of aliphatic hydroxyl groups excluding tert-OH is 1. The second-order valence-electron chi connectivity index (χ2n) is 3.99. The van der Waals surface area contributed by atoms with Gasteiger partial charge in [-0.1, -0.05) is 59.1 Å². The minimum absolute atomic E-state index is 0.454. The fraction of sp³-hybridized carbons (Fsp3) is 0.143. The predicted molar refractivity (Wildman–Crippen MR) is 71.7 cm³/mol. The van der Waals surface area contributed by atoms with Crippen LogP contribution < -0.4 is 0 Å². The Morgan fingerprint density at radius 1 is 0.882 bits per heavy atom. The van der Waals surface area contributed by atoms with Crippen LogP contribution in [0.25, 0.3) is 0 Å². The highest BCUT2D eigenvalue weighted by Gasteiger charge is 2.11. The molecule has 0 saturated carbocycles. The molecule has 0 spiro atoms. The number of halogens is 2. The van der Waals surface area contributed by atoms with Crippen LogP contribution in [0.1, 0.15) is 22.8 Å². The van der Waals surface area contributed by atoms with Crippen LogP contribution >= 0.6 is 23.2 Å². The van der Waals surface area contributed by atoms with Crippen molar-refractivity contribution in [2.45, 2.75) is 13.0 Å². The van der Waals surface area contributed by atoms with Crippen molar-refractivity contribution in [1.29, 1.82) is 0 Å². The highest BCUT2D eigenvalue weighted by molar-refractivity contribution is 6.42. The number of hydrogen-bond donors (Lipinski definition) is 1. The monoisotopic (exact) mass is 266 g/mol. The van der Waals surface area contributed by atoms with Crippen LogP contribution in [0.2, 0.25) is 10.0 Å². The third kappa shape index (κ3) is 2.81. The van der Waals surface area contributed by atoms with E-state index in [0.29, 0.717) is 10.0 Å². The van der Waals surface area contributed by atoms with Gasteiger partial charge in [0.25, 0.3) is 0 Å². The molecule has 0 amide bonds. The van der Waals surface area contributed by atoms with Crippen LogP contribution in [0.4, 0.5) is 0 Å². The zero-order valence-electron chi connectivity index (χ0n) is 9.32. The maximum absolute atomic E-state index is 10.2. The SMILES string of the molecule is Cc1ccc([C@H](O)c2ccc(Cl)c(Cl)c2)cc1. The average molecular weight is 267 g/mol. The Balaban J connectivity index is 2.33. The molecule has 88 valence electrons. The van der Waals surface area contributed by atoms with E-state index >= 15 is 0 Å². The van der Waals surface area contributed by atoms with Gasteiger partial charge in [0.2, 0.25) is 0 Å². The largest absolute Gasteiger partial charge is 0.384 e. The normalized spacial score (nSPS) is 12.5. The number of aliphatic hydroxyl groups is 1. The highest BCUT2D eigenvalue weighted by Crippen LogP contribution is 2.28. The van der Waals surface area contributed by atoms with E-state index in [1.165, 1.54) is 0 Å². The fourth-order valence-corrected chi connectivity index (χ4v) is 1.93. The van der Waals surface area contributed by atoms with Crippen molar-refractivity contribution >= 4 is 23.2 Å². The lowest BCUT2D eigenvalue weighted by Crippen LogP contribution is -1.99. The Morgan fingerprint density at radius 3 is 2.06 bits per heavy atom. The lowest BCUT2D eigenvalue weighted by Gasteiger charge is -2.12. The molecule has 1 nitrogen and oxygen atoms in total. The Kier molecular flexibility index (Phi) is 3.72. The summed E-state index contributed by atoms with van der Waals surface area (Å²) in [5.74, 6) is 0. The maximum atomic E-state index is 10.2. The first-order valence-corrected chi connectivity index (χ1v) is 6.03. The van der Waals surface area contributed by atoms with E-state index in [1.54, 1.807) is 18.2 Å². The summed E-state index contributed by atoms with van der Waals surface area (Å²) < 4.78 is 0. The van der Waals surface area contributed by atoms with E-state index in [1.807, 2.05) is 31.2 Å². The van der Waals surface area contributed by atoms with E-state index in [-0.39, 0.29) is 0 Å². The van der Waals surface area contributed by atoms with Gasteiger partial charge in [0.05, 0.1) is 10.0 Å². The Labute approximate surface area is 111 Å². The maximum Gasteiger partial charge on any atom is 0.104 e. The van der Waals surface area contributed by atoms with E-state index in [4.69, 9.17) is 23.2 Å². The molecule has 2 aromatic rings. The molecule has 0 aliphatic rings. The summed E-state index contributed by atoms with van der Waals surface area (Å²) in [5, 5.41) is 11.1. The molecular formula is C14H12Cl2O. The van der Waals surface area contributed by atoms with Crippen molar-refractivity contribution in [2.75, 3.05) is 0 Å². The molecule has 2 aromatic carbocycles. The minimum Gasteiger partial charge on any atom is -0.384 e. The molecule has 1 atom stereocenters. The van der Waals surface area contributed by atoms with E-state index < -0.39 is 6.10 Å². The molecule has 1 N–H and O–H groups in total. The topological polar surface area (TPSA) is 20.2 Å². The zero-order valence-corrected chi connectivity index (χ0v) is 10.8. The molecule has 0 unspecified atom stereocenters. The van der Waals surface area contributed by atoms with Gasteiger partial charge in [0.15, 0.2) is 0 Å². The van der Waals surface area contributed by atoms with E-state index in [0.717, 1.165) is 16.7 Å². The molecule has 2 rings (SSSR count). The molecule has 0 aromatic heterocycles. The van der Waals surface area contributed by atoms with Gasteiger partial charge in [-0.2, -0.15) is 0 Å².